The van der Waals surface area contributed by atoms with Gasteiger partial charge in [-0.05, 0) is 6.42 Å². The highest BCUT2D eigenvalue weighted by Crippen LogP contribution is 2.10. The van der Waals surface area contributed by atoms with E-state index in [1.807, 2.05) is 0 Å². The summed E-state index contributed by atoms with van der Waals surface area (Å²) in [4.78, 5) is 0. The van der Waals surface area contributed by atoms with Crippen molar-refractivity contribution in [2.24, 2.45) is 0 Å². The summed E-state index contributed by atoms with van der Waals surface area (Å²) in [6.45, 7) is 2.26. The lowest BCUT2D eigenvalue weighted by Crippen LogP contribution is -2.23. The minimum absolute atomic E-state index is 0.0883. The van der Waals surface area contributed by atoms with Crippen LogP contribution in [-0.4, -0.2) is 47.3 Å². The highest BCUT2D eigenvalue weighted by molar-refractivity contribution is 4.57. The van der Waals surface area contributed by atoms with E-state index in [0.29, 0.717) is 0 Å². The summed E-state index contributed by atoms with van der Waals surface area (Å²) in [6, 6.07) is 0. The molecule has 0 heterocycles. The van der Waals surface area contributed by atoms with Gasteiger partial charge in [0.1, 0.15) is 6.10 Å². The summed E-state index contributed by atoms with van der Waals surface area (Å²) in [5.74, 6) is 0. The first-order valence-corrected chi connectivity index (χ1v) is 7.75. The van der Waals surface area contributed by atoms with Crippen LogP contribution < -0.4 is 0 Å². The van der Waals surface area contributed by atoms with Crippen molar-refractivity contribution < 1.29 is 20.1 Å². The van der Waals surface area contributed by atoms with Crippen LogP contribution in [0.5, 0.6) is 0 Å². The molecule has 0 fully saturated rings. The number of hydrogen-bond acceptors (Lipinski definition) is 4. The van der Waals surface area contributed by atoms with Gasteiger partial charge in [-0.25, -0.2) is 0 Å². The van der Waals surface area contributed by atoms with E-state index in [-0.39, 0.29) is 19.8 Å². The number of unbranched alkanes of at least 4 members (excludes halogenated alkanes) is 7. The third-order valence-electron chi connectivity index (χ3n) is 3.22. The van der Waals surface area contributed by atoms with E-state index < -0.39 is 12.2 Å². The summed E-state index contributed by atoms with van der Waals surface area (Å²) >= 11 is 0. The van der Waals surface area contributed by atoms with E-state index in [1.165, 1.54) is 44.9 Å². The highest BCUT2D eigenvalue weighted by Gasteiger charge is 2.06. The number of rotatable bonds is 14. The minimum atomic E-state index is -0.838. The van der Waals surface area contributed by atoms with Gasteiger partial charge in [0.15, 0.2) is 0 Å². The van der Waals surface area contributed by atoms with Crippen LogP contribution in [0.2, 0.25) is 0 Å². The van der Waals surface area contributed by atoms with E-state index in [2.05, 4.69) is 6.92 Å². The molecule has 0 amide bonds. The molecule has 2 unspecified atom stereocenters. The van der Waals surface area contributed by atoms with Crippen LogP contribution in [0.3, 0.4) is 0 Å². The maximum atomic E-state index is 9.64. The van der Waals surface area contributed by atoms with Crippen LogP contribution in [0.1, 0.15) is 64.7 Å². The smallest absolute Gasteiger partial charge is 0.100 e. The molecule has 0 saturated heterocycles. The lowest BCUT2D eigenvalue weighted by Gasteiger charge is -2.12. The number of aliphatic hydroxyl groups excluding tert-OH is 3. The molecule has 0 aromatic heterocycles. The Labute approximate surface area is 117 Å². The van der Waals surface area contributed by atoms with Crippen LogP contribution in [0, 0.1) is 0 Å². The molecule has 0 radical (unpaired) electrons. The Morgan fingerprint density at radius 2 is 1.32 bits per heavy atom. The van der Waals surface area contributed by atoms with E-state index in [1.54, 1.807) is 0 Å². The summed E-state index contributed by atoms with van der Waals surface area (Å²) in [7, 11) is 0. The molecule has 2 atom stereocenters. The lowest BCUT2D eigenvalue weighted by molar-refractivity contribution is -0.0262. The molecule has 19 heavy (non-hydrogen) atoms. The zero-order valence-corrected chi connectivity index (χ0v) is 12.4. The third-order valence-corrected chi connectivity index (χ3v) is 3.22. The van der Waals surface area contributed by atoms with E-state index >= 15 is 0 Å². The van der Waals surface area contributed by atoms with Crippen LogP contribution in [0.4, 0.5) is 0 Å². The molecule has 4 nitrogen and oxygen atoms in total. The Bertz CT molecular complexity index is 176. The van der Waals surface area contributed by atoms with Gasteiger partial charge in [0.2, 0.25) is 0 Å². The van der Waals surface area contributed by atoms with Gasteiger partial charge < -0.3 is 20.1 Å². The van der Waals surface area contributed by atoms with Crippen LogP contribution >= 0.6 is 0 Å². The maximum Gasteiger partial charge on any atom is 0.100 e. The number of hydrogen-bond donors (Lipinski definition) is 3. The fraction of sp³-hybridized carbons (Fsp3) is 1.00. The second-order valence-corrected chi connectivity index (χ2v) is 5.29. The molecule has 116 valence electrons. The van der Waals surface area contributed by atoms with Gasteiger partial charge in [-0.1, -0.05) is 58.3 Å². The Morgan fingerprint density at radius 3 is 1.89 bits per heavy atom. The van der Waals surface area contributed by atoms with Crippen molar-refractivity contribution in [1.82, 2.24) is 0 Å². The Morgan fingerprint density at radius 1 is 0.789 bits per heavy atom. The SMILES string of the molecule is CCCCCCCCCCC(O)COCC(O)CO. The van der Waals surface area contributed by atoms with Crippen LogP contribution in [-0.2, 0) is 4.74 Å². The second-order valence-electron chi connectivity index (χ2n) is 5.29. The molecular formula is C15H32O4. The summed E-state index contributed by atoms with van der Waals surface area (Å²) < 4.78 is 5.11. The van der Waals surface area contributed by atoms with Gasteiger partial charge in [-0.2, -0.15) is 0 Å². The fourth-order valence-electron chi connectivity index (χ4n) is 1.99. The predicted molar refractivity (Wildman–Crippen MR) is 77.1 cm³/mol. The van der Waals surface area contributed by atoms with Crippen LogP contribution in [0.15, 0.2) is 0 Å². The summed E-state index contributed by atoms with van der Waals surface area (Å²) in [6.07, 6.45) is 9.52. The maximum absolute atomic E-state index is 9.64. The van der Waals surface area contributed by atoms with E-state index in [0.717, 1.165) is 12.8 Å². The van der Waals surface area contributed by atoms with Gasteiger partial charge in [-0.3, -0.25) is 0 Å². The largest absolute Gasteiger partial charge is 0.394 e. The molecule has 0 saturated carbocycles. The Hall–Kier alpha value is -0.160. The first kappa shape index (κ1) is 18.8. The van der Waals surface area contributed by atoms with Gasteiger partial charge in [-0.15, -0.1) is 0 Å². The monoisotopic (exact) mass is 276 g/mol. The molecule has 0 aliphatic rings. The Balaban J connectivity index is 3.18. The van der Waals surface area contributed by atoms with Crippen molar-refractivity contribution in [3.05, 3.63) is 0 Å². The van der Waals surface area contributed by atoms with Crippen molar-refractivity contribution >= 4 is 0 Å². The average molecular weight is 276 g/mol. The zero-order chi connectivity index (χ0) is 14.3. The van der Waals surface area contributed by atoms with Gasteiger partial charge in [0.25, 0.3) is 0 Å². The molecule has 0 spiro atoms. The molecule has 0 aliphatic heterocycles. The molecule has 4 heteroatoms. The van der Waals surface area contributed by atoms with Crippen molar-refractivity contribution in [3.8, 4) is 0 Å². The quantitative estimate of drug-likeness (QED) is 0.426. The second kappa shape index (κ2) is 14.3. The van der Waals surface area contributed by atoms with Crippen molar-refractivity contribution in [2.45, 2.75) is 76.9 Å². The fourth-order valence-corrected chi connectivity index (χ4v) is 1.99. The standard InChI is InChI=1S/C15H32O4/c1-2-3-4-5-6-7-8-9-10-14(17)12-19-13-15(18)11-16/h14-18H,2-13H2,1H3. The number of ether oxygens (including phenoxy) is 1. The molecule has 0 aromatic carbocycles. The molecule has 0 aromatic rings. The Kier molecular flexibility index (Phi) is 14.1. The lowest BCUT2D eigenvalue weighted by atomic mass is 10.1. The van der Waals surface area contributed by atoms with Gasteiger partial charge in [0.05, 0.1) is 25.9 Å². The predicted octanol–water partition coefficient (Wildman–Crippen LogP) is 2.25. The van der Waals surface area contributed by atoms with Crippen molar-refractivity contribution in [1.29, 1.82) is 0 Å². The topological polar surface area (TPSA) is 69.9 Å². The molecule has 0 rings (SSSR count). The normalized spacial score (nSPS) is 14.5. The molecule has 0 aliphatic carbocycles. The van der Waals surface area contributed by atoms with Gasteiger partial charge >= 0.3 is 0 Å². The first-order valence-electron chi connectivity index (χ1n) is 7.75. The zero-order valence-electron chi connectivity index (χ0n) is 12.4. The number of aliphatic hydroxyl groups is 3. The minimum Gasteiger partial charge on any atom is -0.394 e. The molecular weight excluding hydrogens is 244 g/mol. The average Bonchev–Trinajstić information content (AvgIpc) is 2.41. The first-order chi connectivity index (χ1) is 9.20. The van der Waals surface area contributed by atoms with E-state index in [4.69, 9.17) is 14.9 Å². The van der Waals surface area contributed by atoms with Gasteiger partial charge in [0, 0.05) is 0 Å². The third kappa shape index (κ3) is 14.1. The summed E-state index contributed by atoms with van der Waals surface area (Å²) in [5.41, 5.74) is 0. The highest BCUT2D eigenvalue weighted by atomic mass is 16.5. The van der Waals surface area contributed by atoms with E-state index in [9.17, 15) is 5.11 Å². The summed E-state index contributed by atoms with van der Waals surface area (Å²) in [5, 5.41) is 27.3. The molecule has 3 N–H and O–H groups in total. The molecule has 0 bridgehead atoms. The van der Waals surface area contributed by atoms with Crippen LogP contribution in [0.25, 0.3) is 0 Å². The van der Waals surface area contributed by atoms with Crippen molar-refractivity contribution in [2.75, 3.05) is 19.8 Å². The van der Waals surface area contributed by atoms with Crippen molar-refractivity contribution in [3.63, 3.8) is 0 Å².